The second-order valence-corrected chi connectivity index (χ2v) is 8.10. The highest BCUT2D eigenvalue weighted by Crippen LogP contribution is 2.58. The van der Waals surface area contributed by atoms with Crippen molar-refractivity contribution in [1.29, 1.82) is 0 Å². The maximum atomic E-state index is 12.0. The molecule has 0 aromatic heterocycles. The van der Waals surface area contributed by atoms with Gasteiger partial charge >= 0.3 is 0 Å². The summed E-state index contributed by atoms with van der Waals surface area (Å²) in [5.74, 6) is -0.304. The Kier molecular flexibility index (Phi) is 5.43. The van der Waals surface area contributed by atoms with Crippen molar-refractivity contribution in [3.63, 3.8) is 0 Å². The standard InChI is InChI=1S/C16H18O5.C5H11N/c1-2-16-12-9(3-4-10(17)13(12)19)5-7-15(16,21)8-6-11(18)14(16)20;1-6-4-5-2-3-5/h3-5,14,19-21H,2,6-8H2,1H3;5-6H,2-4H2,1H3/p+1/t14?,15-,16-;/m0./s1. The molecule has 0 aliphatic heterocycles. The predicted octanol–water partition coefficient (Wildman–Crippen LogP) is 0.708. The highest BCUT2D eigenvalue weighted by Gasteiger charge is 2.63. The molecule has 0 radical (unpaired) electrons. The average molecular weight is 376 g/mol. The number of quaternary nitrogens is 1. The van der Waals surface area contributed by atoms with Crippen LogP contribution in [0, 0.1) is 11.3 Å². The molecule has 0 heterocycles. The van der Waals surface area contributed by atoms with Crippen molar-refractivity contribution in [3.05, 3.63) is 35.1 Å². The Morgan fingerprint density at radius 2 is 1.96 bits per heavy atom. The number of carbonyl (C=O) groups excluding carboxylic acids is 2. The third-order valence-electron chi connectivity index (χ3n) is 6.49. The van der Waals surface area contributed by atoms with Crippen molar-refractivity contribution < 1.29 is 30.2 Å². The molecule has 0 spiro atoms. The van der Waals surface area contributed by atoms with E-state index in [0.29, 0.717) is 5.57 Å². The molecule has 4 aliphatic rings. The summed E-state index contributed by atoms with van der Waals surface area (Å²) >= 11 is 0. The van der Waals surface area contributed by atoms with Crippen molar-refractivity contribution in [3.8, 4) is 0 Å². The number of allylic oxidation sites excluding steroid dienone is 3. The summed E-state index contributed by atoms with van der Waals surface area (Å²) in [4.78, 5) is 23.8. The first-order chi connectivity index (χ1) is 12.8. The third kappa shape index (κ3) is 3.20. The summed E-state index contributed by atoms with van der Waals surface area (Å²) in [6.45, 7) is 3.11. The number of carbonyl (C=O) groups is 2. The molecule has 0 saturated heterocycles. The fourth-order valence-corrected chi connectivity index (χ4v) is 4.76. The summed E-state index contributed by atoms with van der Waals surface area (Å²) in [6.07, 6.45) is 7.01. The van der Waals surface area contributed by atoms with E-state index in [1.54, 1.807) is 19.1 Å². The van der Waals surface area contributed by atoms with Gasteiger partial charge in [0.05, 0.1) is 24.6 Å². The van der Waals surface area contributed by atoms with E-state index in [1.807, 2.05) is 0 Å². The van der Waals surface area contributed by atoms with Gasteiger partial charge in [-0.3, -0.25) is 9.59 Å². The number of aliphatic hydroxyl groups excluding tert-OH is 2. The molecule has 3 atom stereocenters. The van der Waals surface area contributed by atoms with Crippen LogP contribution in [0.5, 0.6) is 0 Å². The molecular weight excluding hydrogens is 346 g/mol. The van der Waals surface area contributed by atoms with E-state index in [4.69, 9.17) is 0 Å². The maximum absolute atomic E-state index is 12.0. The van der Waals surface area contributed by atoms with Crippen LogP contribution >= 0.6 is 0 Å². The largest absolute Gasteiger partial charge is 0.504 e. The minimum Gasteiger partial charge on any atom is -0.504 e. The zero-order valence-corrected chi connectivity index (χ0v) is 16.1. The van der Waals surface area contributed by atoms with Gasteiger partial charge in [0.2, 0.25) is 5.78 Å². The zero-order chi connectivity index (χ0) is 19.8. The highest BCUT2D eigenvalue weighted by atomic mass is 16.3. The number of rotatable bonds is 3. The Balaban J connectivity index is 0.000000299. The Bertz CT molecular complexity index is 733. The van der Waals surface area contributed by atoms with E-state index in [9.17, 15) is 24.9 Å². The number of nitrogens with two attached hydrogens (primary N) is 1. The van der Waals surface area contributed by atoms with Gasteiger partial charge in [0, 0.05) is 17.9 Å². The van der Waals surface area contributed by atoms with Gasteiger partial charge in [0.25, 0.3) is 0 Å². The monoisotopic (exact) mass is 376 g/mol. The maximum Gasteiger partial charge on any atom is 0.220 e. The molecular formula is C21H30NO5+. The zero-order valence-electron chi connectivity index (χ0n) is 16.1. The Morgan fingerprint density at radius 1 is 1.26 bits per heavy atom. The molecule has 6 heteroatoms. The van der Waals surface area contributed by atoms with E-state index < -0.39 is 28.7 Å². The highest BCUT2D eigenvalue weighted by molar-refractivity contribution is 6.06. The predicted molar refractivity (Wildman–Crippen MR) is 99.9 cm³/mol. The smallest absolute Gasteiger partial charge is 0.220 e. The molecule has 6 nitrogen and oxygen atoms in total. The minimum atomic E-state index is -1.42. The number of hydrogen-bond donors (Lipinski definition) is 4. The molecule has 2 fully saturated rings. The summed E-state index contributed by atoms with van der Waals surface area (Å²) < 4.78 is 0. The lowest BCUT2D eigenvalue weighted by atomic mass is 9.51. The Morgan fingerprint density at radius 3 is 2.52 bits per heavy atom. The summed E-state index contributed by atoms with van der Waals surface area (Å²) in [7, 11) is 2.14. The van der Waals surface area contributed by atoms with Crippen LogP contribution in [0.2, 0.25) is 0 Å². The molecule has 0 amide bonds. The molecule has 4 rings (SSSR count). The summed E-state index contributed by atoms with van der Waals surface area (Å²) in [5, 5.41) is 34.0. The third-order valence-corrected chi connectivity index (χ3v) is 6.49. The van der Waals surface area contributed by atoms with Crippen LogP contribution in [-0.4, -0.2) is 52.2 Å². The fraction of sp³-hybridized carbons (Fsp3) is 0.619. The number of fused-ring (bicyclic) bond motifs is 3. The van der Waals surface area contributed by atoms with Crippen LogP contribution < -0.4 is 5.32 Å². The van der Waals surface area contributed by atoms with E-state index >= 15 is 0 Å². The van der Waals surface area contributed by atoms with Gasteiger partial charge in [-0.25, -0.2) is 0 Å². The molecule has 0 aromatic rings. The van der Waals surface area contributed by atoms with Gasteiger partial charge in [-0.15, -0.1) is 0 Å². The van der Waals surface area contributed by atoms with E-state index in [2.05, 4.69) is 12.4 Å². The van der Waals surface area contributed by atoms with Crippen LogP contribution in [-0.2, 0) is 9.59 Å². The Labute approximate surface area is 159 Å². The molecule has 4 aliphatic carbocycles. The van der Waals surface area contributed by atoms with E-state index in [1.165, 1.54) is 25.5 Å². The molecule has 0 aromatic carbocycles. The number of Topliss-reactive ketones (excluding diaryl/α,β-unsaturated/α-hetero) is 1. The topological polar surface area (TPSA) is 111 Å². The molecule has 5 N–H and O–H groups in total. The van der Waals surface area contributed by atoms with Crippen LogP contribution in [0.1, 0.15) is 45.4 Å². The second-order valence-electron chi connectivity index (χ2n) is 8.10. The summed E-state index contributed by atoms with van der Waals surface area (Å²) in [6, 6.07) is 0. The van der Waals surface area contributed by atoms with Gasteiger partial charge in [0.15, 0.2) is 11.5 Å². The van der Waals surface area contributed by atoms with Gasteiger partial charge < -0.3 is 20.6 Å². The summed E-state index contributed by atoms with van der Waals surface area (Å²) in [5.41, 5.74) is -1.83. The van der Waals surface area contributed by atoms with Crippen molar-refractivity contribution in [2.24, 2.45) is 11.3 Å². The Hall–Kier alpha value is -1.76. The second kappa shape index (κ2) is 7.34. The first kappa shape index (κ1) is 20.0. The van der Waals surface area contributed by atoms with Crippen molar-refractivity contribution in [1.82, 2.24) is 0 Å². The van der Waals surface area contributed by atoms with Crippen LogP contribution in [0.3, 0.4) is 0 Å². The van der Waals surface area contributed by atoms with Crippen molar-refractivity contribution in [2.75, 3.05) is 13.6 Å². The lowest BCUT2D eigenvalue weighted by Gasteiger charge is -2.55. The molecule has 0 bridgehead atoms. The first-order valence-electron chi connectivity index (χ1n) is 9.88. The van der Waals surface area contributed by atoms with Gasteiger partial charge in [-0.2, -0.15) is 0 Å². The van der Waals surface area contributed by atoms with Gasteiger partial charge in [0.1, 0.15) is 6.10 Å². The lowest BCUT2D eigenvalue weighted by molar-refractivity contribution is -0.629. The van der Waals surface area contributed by atoms with Crippen LogP contribution in [0.4, 0.5) is 0 Å². The van der Waals surface area contributed by atoms with Gasteiger partial charge in [-0.1, -0.05) is 19.1 Å². The first-order valence-corrected chi connectivity index (χ1v) is 9.88. The van der Waals surface area contributed by atoms with Crippen molar-refractivity contribution >= 4 is 11.6 Å². The fourth-order valence-electron chi connectivity index (χ4n) is 4.76. The molecule has 148 valence electrons. The normalized spacial score (nSPS) is 35.1. The van der Waals surface area contributed by atoms with Gasteiger partial charge in [-0.05, 0) is 43.8 Å². The lowest BCUT2D eigenvalue weighted by Crippen LogP contribution is -2.80. The number of ketones is 2. The number of hydrogen-bond acceptors (Lipinski definition) is 5. The SMILES string of the molecule is CC[C@@]12C3=C(O)C(=O)C=CC3=CC[C@]1(O)CCC(=O)C2O.C[NH2+]CC1CC1. The molecule has 2 saturated carbocycles. The van der Waals surface area contributed by atoms with Crippen molar-refractivity contribution in [2.45, 2.75) is 57.2 Å². The van der Waals surface area contributed by atoms with Crippen LogP contribution in [0.25, 0.3) is 0 Å². The van der Waals surface area contributed by atoms with E-state index in [0.717, 1.165) is 5.92 Å². The minimum absolute atomic E-state index is 0.0976. The molecule has 27 heavy (non-hydrogen) atoms. The molecule has 1 unspecified atom stereocenters. The number of aliphatic hydroxyl groups is 3. The van der Waals surface area contributed by atoms with Crippen LogP contribution in [0.15, 0.2) is 35.1 Å². The quantitative estimate of drug-likeness (QED) is 0.580. The van der Waals surface area contributed by atoms with E-state index in [-0.39, 0.29) is 37.0 Å². The average Bonchev–Trinajstić information content (AvgIpc) is 3.47.